The highest BCUT2D eigenvalue weighted by molar-refractivity contribution is 7.14. The molecule has 3 nitrogen and oxygen atoms in total. The van der Waals surface area contributed by atoms with E-state index in [2.05, 4.69) is 6.07 Å². The van der Waals surface area contributed by atoms with Crippen LogP contribution in [0.25, 0.3) is 0 Å². The lowest BCUT2D eigenvalue weighted by Crippen LogP contribution is -2.31. The van der Waals surface area contributed by atoms with Crippen LogP contribution in [-0.2, 0) is 12.8 Å². The summed E-state index contributed by atoms with van der Waals surface area (Å²) in [5.41, 5.74) is 1.37. The molecule has 0 bridgehead atoms. The zero-order valence-corrected chi connectivity index (χ0v) is 11.1. The average Bonchev–Trinajstić information content (AvgIpc) is 2.89. The Kier molecular flexibility index (Phi) is 4.18. The fourth-order valence-electron chi connectivity index (χ4n) is 2.26. The van der Waals surface area contributed by atoms with Gasteiger partial charge in [-0.05, 0) is 44.2 Å². The Morgan fingerprint density at radius 3 is 3.00 bits per heavy atom. The van der Waals surface area contributed by atoms with Crippen LogP contribution in [0.4, 0.5) is 0 Å². The summed E-state index contributed by atoms with van der Waals surface area (Å²) in [5, 5.41) is 8.82. The summed E-state index contributed by atoms with van der Waals surface area (Å²) in [7, 11) is 0. The maximum absolute atomic E-state index is 12.2. The second-order valence-corrected chi connectivity index (χ2v) is 5.51. The van der Waals surface area contributed by atoms with Crippen LogP contribution in [0.1, 0.15) is 39.9 Å². The van der Waals surface area contributed by atoms with Gasteiger partial charge in [-0.1, -0.05) is 0 Å². The number of aliphatic hydroxyl groups excluding tert-OH is 1. The van der Waals surface area contributed by atoms with Crippen LogP contribution in [-0.4, -0.2) is 35.6 Å². The van der Waals surface area contributed by atoms with E-state index in [0.717, 1.165) is 17.7 Å². The summed E-state index contributed by atoms with van der Waals surface area (Å²) in [6.07, 6.45) is 4.15. The number of aliphatic hydroxyl groups is 1. The lowest BCUT2D eigenvalue weighted by atomic mass is 10.2. The third kappa shape index (κ3) is 2.69. The van der Waals surface area contributed by atoms with Gasteiger partial charge < -0.3 is 10.0 Å². The first-order valence-corrected chi connectivity index (χ1v) is 7.09. The van der Waals surface area contributed by atoms with Crippen molar-refractivity contribution in [2.75, 3.05) is 19.7 Å². The van der Waals surface area contributed by atoms with E-state index in [4.69, 9.17) is 5.11 Å². The van der Waals surface area contributed by atoms with Crippen molar-refractivity contribution in [2.24, 2.45) is 0 Å². The van der Waals surface area contributed by atoms with Crippen LogP contribution in [0.2, 0.25) is 0 Å². The van der Waals surface area contributed by atoms with Gasteiger partial charge in [0.1, 0.15) is 0 Å². The van der Waals surface area contributed by atoms with E-state index >= 15 is 0 Å². The Labute approximate surface area is 106 Å². The molecule has 0 saturated heterocycles. The first kappa shape index (κ1) is 12.6. The van der Waals surface area contributed by atoms with Gasteiger partial charge in [0.05, 0.1) is 4.88 Å². The molecule has 94 valence electrons. The Bertz CT molecular complexity index is 379. The molecule has 0 atom stereocenters. The zero-order valence-electron chi connectivity index (χ0n) is 10.2. The molecule has 0 unspecified atom stereocenters. The number of nitrogens with zero attached hydrogens (tertiary/aromatic N) is 1. The third-order valence-electron chi connectivity index (χ3n) is 3.21. The number of hydrogen-bond acceptors (Lipinski definition) is 3. The molecule has 2 rings (SSSR count). The predicted molar refractivity (Wildman–Crippen MR) is 69.6 cm³/mol. The van der Waals surface area contributed by atoms with Crippen molar-refractivity contribution in [1.29, 1.82) is 0 Å². The van der Waals surface area contributed by atoms with E-state index in [1.165, 1.54) is 16.9 Å². The average molecular weight is 253 g/mol. The van der Waals surface area contributed by atoms with Crippen molar-refractivity contribution < 1.29 is 9.90 Å². The Balaban J connectivity index is 2.06. The number of fused-ring (bicyclic) bond motifs is 1. The van der Waals surface area contributed by atoms with Gasteiger partial charge in [0, 0.05) is 24.6 Å². The molecule has 1 N–H and O–H groups in total. The SMILES string of the molecule is CCN(CCCO)C(=O)c1cc2c(s1)CCC2. The maximum Gasteiger partial charge on any atom is 0.263 e. The van der Waals surface area contributed by atoms with Crippen molar-refractivity contribution in [2.45, 2.75) is 32.6 Å². The first-order valence-electron chi connectivity index (χ1n) is 6.28. The second kappa shape index (κ2) is 5.65. The highest BCUT2D eigenvalue weighted by Crippen LogP contribution is 2.31. The molecule has 1 amide bonds. The van der Waals surface area contributed by atoms with E-state index in [1.54, 1.807) is 11.3 Å². The van der Waals surface area contributed by atoms with Crippen LogP contribution in [0.15, 0.2) is 6.07 Å². The van der Waals surface area contributed by atoms with E-state index < -0.39 is 0 Å². The van der Waals surface area contributed by atoms with Gasteiger partial charge in [0.15, 0.2) is 0 Å². The van der Waals surface area contributed by atoms with Crippen molar-refractivity contribution in [3.63, 3.8) is 0 Å². The zero-order chi connectivity index (χ0) is 12.3. The number of aryl methyl sites for hydroxylation is 2. The van der Waals surface area contributed by atoms with Crippen molar-refractivity contribution >= 4 is 17.2 Å². The van der Waals surface area contributed by atoms with E-state index in [0.29, 0.717) is 19.5 Å². The molecule has 1 aliphatic carbocycles. The molecule has 1 heterocycles. The Morgan fingerprint density at radius 2 is 2.35 bits per heavy atom. The normalized spacial score (nSPS) is 13.8. The van der Waals surface area contributed by atoms with E-state index in [1.807, 2.05) is 11.8 Å². The number of carbonyl (C=O) groups excluding carboxylic acids is 1. The second-order valence-electron chi connectivity index (χ2n) is 4.37. The van der Waals surface area contributed by atoms with E-state index in [9.17, 15) is 4.79 Å². The summed E-state index contributed by atoms with van der Waals surface area (Å²) in [6, 6.07) is 2.07. The Hall–Kier alpha value is -0.870. The molecular weight excluding hydrogens is 234 g/mol. The number of thiophene rings is 1. The standard InChI is InChI=1S/C13H19NO2S/c1-2-14(7-4-8-15)13(16)12-9-10-5-3-6-11(10)17-12/h9,15H,2-8H2,1H3. The first-order chi connectivity index (χ1) is 8.26. The minimum absolute atomic E-state index is 0.125. The van der Waals surface area contributed by atoms with Crippen LogP contribution >= 0.6 is 11.3 Å². The van der Waals surface area contributed by atoms with Crippen LogP contribution < -0.4 is 0 Å². The number of carbonyl (C=O) groups is 1. The fourth-order valence-corrected chi connectivity index (χ4v) is 3.48. The number of amides is 1. The molecule has 0 saturated carbocycles. The van der Waals surface area contributed by atoms with Crippen LogP contribution in [0, 0.1) is 0 Å². The minimum atomic E-state index is 0.125. The predicted octanol–water partition coefficient (Wildman–Crippen LogP) is 2.08. The van der Waals surface area contributed by atoms with Gasteiger partial charge in [-0.3, -0.25) is 4.79 Å². The molecule has 17 heavy (non-hydrogen) atoms. The van der Waals surface area contributed by atoms with Crippen molar-refractivity contribution in [1.82, 2.24) is 4.90 Å². The minimum Gasteiger partial charge on any atom is -0.396 e. The van der Waals surface area contributed by atoms with E-state index in [-0.39, 0.29) is 12.5 Å². The summed E-state index contributed by atoms with van der Waals surface area (Å²) < 4.78 is 0. The molecule has 1 aliphatic rings. The third-order valence-corrected chi connectivity index (χ3v) is 4.44. The molecule has 0 radical (unpaired) electrons. The summed E-state index contributed by atoms with van der Waals surface area (Å²) in [6.45, 7) is 3.48. The van der Waals surface area contributed by atoms with Gasteiger partial charge in [0.2, 0.25) is 0 Å². The van der Waals surface area contributed by atoms with Crippen LogP contribution in [0.5, 0.6) is 0 Å². The summed E-state index contributed by atoms with van der Waals surface area (Å²) in [4.78, 5) is 16.3. The van der Waals surface area contributed by atoms with Crippen LogP contribution in [0.3, 0.4) is 0 Å². The highest BCUT2D eigenvalue weighted by Gasteiger charge is 2.21. The summed E-state index contributed by atoms with van der Waals surface area (Å²) >= 11 is 1.65. The lowest BCUT2D eigenvalue weighted by Gasteiger charge is -2.19. The molecule has 4 heteroatoms. The smallest absolute Gasteiger partial charge is 0.263 e. The molecule has 0 aromatic carbocycles. The van der Waals surface area contributed by atoms with Gasteiger partial charge in [-0.2, -0.15) is 0 Å². The van der Waals surface area contributed by atoms with Gasteiger partial charge >= 0.3 is 0 Å². The lowest BCUT2D eigenvalue weighted by molar-refractivity contribution is 0.0759. The van der Waals surface area contributed by atoms with Crippen molar-refractivity contribution in [3.8, 4) is 0 Å². The Morgan fingerprint density at radius 1 is 1.53 bits per heavy atom. The fraction of sp³-hybridized carbons (Fsp3) is 0.615. The summed E-state index contributed by atoms with van der Waals surface area (Å²) in [5.74, 6) is 0.125. The number of hydrogen-bond donors (Lipinski definition) is 1. The molecule has 1 aromatic heterocycles. The number of rotatable bonds is 5. The van der Waals surface area contributed by atoms with Crippen molar-refractivity contribution in [3.05, 3.63) is 21.4 Å². The molecule has 0 spiro atoms. The molecule has 1 aromatic rings. The topological polar surface area (TPSA) is 40.5 Å². The van der Waals surface area contributed by atoms with Gasteiger partial charge in [-0.15, -0.1) is 11.3 Å². The highest BCUT2D eigenvalue weighted by atomic mass is 32.1. The quantitative estimate of drug-likeness (QED) is 0.873. The van der Waals surface area contributed by atoms with Gasteiger partial charge in [-0.25, -0.2) is 0 Å². The van der Waals surface area contributed by atoms with Gasteiger partial charge in [0.25, 0.3) is 5.91 Å². The molecule has 0 aliphatic heterocycles. The molecule has 0 fully saturated rings. The largest absolute Gasteiger partial charge is 0.396 e. The maximum atomic E-state index is 12.2. The monoisotopic (exact) mass is 253 g/mol. The molecular formula is C13H19NO2S.